The molecule has 2 heterocycles. The molecule has 0 saturated heterocycles. The normalized spacial score (nSPS) is 10.3. The Kier molecular flexibility index (Phi) is 3.66. The summed E-state index contributed by atoms with van der Waals surface area (Å²) in [6.45, 7) is 1.41. The molecule has 0 spiro atoms. The van der Waals surface area contributed by atoms with Crippen molar-refractivity contribution < 1.29 is 14.3 Å². The van der Waals surface area contributed by atoms with Crippen molar-refractivity contribution in [3.05, 3.63) is 40.9 Å². The Morgan fingerprint density at radius 1 is 1.32 bits per heavy atom. The second-order valence-corrected chi connectivity index (χ2v) is 4.35. The molecule has 0 aliphatic carbocycles. The van der Waals surface area contributed by atoms with Crippen molar-refractivity contribution in [1.82, 2.24) is 9.97 Å². The quantitative estimate of drug-likeness (QED) is 0.692. The van der Waals surface area contributed by atoms with Crippen molar-refractivity contribution >= 4 is 23.4 Å². The number of carbonyl (C=O) groups excluding carboxylic acids is 2. The number of Topliss-reactive ketones (excluding diaryl/α,β-unsaturated/α-hetero) is 1. The Bertz CT molecular complexity index is 649. The average molecular weight is 279 g/mol. The largest absolute Gasteiger partial charge is 0.464 e. The van der Waals surface area contributed by atoms with Gasteiger partial charge in [-0.3, -0.25) is 9.78 Å². The zero-order valence-electron chi connectivity index (χ0n) is 10.4. The maximum Gasteiger partial charge on any atom is 0.354 e. The van der Waals surface area contributed by atoms with Crippen LogP contribution in [0.2, 0.25) is 5.02 Å². The lowest BCUT2D eigenvalue weighted by molar-refractivity contribution is 0.0595. The zero-order chi connectivity index (χ0) is 14.0. The van der Waals surface area contributed by atoms with Crippen LogP contribution < -0.4 is 0 Å². The first kappa shape index (κ1) is 13.3. The summed E-state index contributed by atoms with van der Waals surface area (Å²) in [6, 6.07) is 3.22. The molecule has 0 unspecified atom stereocenters. The third-order valence-electron chi connectivity index (χ3n) is 2.59. The number of rotatable bonds is 3. The number of halogens is 1. The first-order chi connectivity index (χ1) is 9.02. The van der Waals surface area contributed by atoms with Crippen molar-refractivity contribution in [3.63, 3.8) is 0 Å². The van der Waals surface area contributed by atoms with Gasteiger partial charge < -0.3 is 9.72 Å². The summed E-state index contributed by atoms with van der Waals surface area (Å²) in [7, 11) is 1.28. The van der Waals surface area contributed by atoms with Gasteiger partial charge in [-0.05, 0) is 12.1 Å². The summed E-state index contributed by atoms with van der Waals surface area (Å²) < 4.78 is 4.62. The maximum absolute atomic E-state index is 11.6. The van der Waals surface area contributed by atoms with Crippen LogP contribution in [0, 0.1) is 0 Å². The highest BCUT2D eigenvalue weighted by molar-refractivity contribution is 6.30. The van der Waals surface area contributed by atoms with Crippen molar-refractivity contribution in [2.45, 2.75) is 6.92 Å². The van der Waals surface area contributed by atoms with Crippen LogP contribution in [0.1, 0.15) is 27.9 Å². The van der Waals surface area contributed by atoms with Crippen LogP contribution in [-0.2, 0) is 4.74 Å². The molecule has 5 nitrogen and oxygen atoms in total. The van der Waals surface area contributed by atoms with Gasteiger partial charge in [-0.25, -0.2) is 4.79 Å². The second-order valence-electron chi connectivity index (χ2n) is 3.91. The highest BCUT2D eigenvalue weighted by Crippen LogP contribution is 2.27. The number of H-pyrrole nitrogens is 1. The molecule has 0 aliphatic rings. The van der Waals surface area contributed by atoms with E-state index in [2.05, 4.69) is 14.7 Å². The number of nitrogens with one attached hydrogen (secondary N) is 1. The van der Waals surface area contributed by atoms with E-state index in [1.807, 2.05) is 0 Å². The number of pyridine rings is 1. The molecule has 0 atom stereocenters. The van der Waals surface area contributed by atoms with E-state index in [-0.39, 0.29) is 11.5 Å². The number of methoxy groups -OCH3 is 1. The number of nitrogens with zero attached hydrogens (tertiary/aromatic N) is 1. The molecular formula is C13H11ClN2O3. The summed E-state index contributed by atoms with van der Waals surface area (Å²) in [5.74, 6) is -0.728. The van der Waals surface area contributed by atoms with Crippen molar-refractivity contribution in [1.29, 1.82) is 0 Å². The Hall–Kier alpha value is -2.14. The molecule has 0 radical (unpaired) electrons. The monoisotopic (exact) mass is 278 g/mol. The van der Waals surface area contributed by atoms with Gasteiger partial charge in [-0.2, -0.15) is 0 Å². The smallest absolute Gasteiger partial charge is 0.354 e. The molecule has 2 aromatic rings. The fraction of sp³-hybridized carbons (Fsp3) is 0.154. The predicted molar refractivity (Wildman–Crippen MR) is 70.4 cm³/mol. The minimum atomic E-state index is -0.538. The Morgan fingerprint density at radius 3 is 2.63 bits per heavy atom. The number of aromatic nitrogens is 2. The molecule has 2 rings (SSSR count). The van der Waals surface area contributed by atoms with Crippen molar-refractivity contribution in [2.24, 2.45) is 0 Å². The lowest BCUT2D eigenvalue weighted by Gasteiger charge is -2.00. The molecule has 0 aromatic carbocycles. The van der Waals surface area contributed by atoms with E-state index < -0.39 is 5.97 Å². The predicted octanol–water partition coefficient (Wildman–Crippen LogP) is 2.72. The van der Waals surface area contributed by atoms with E-state index in [0.29, 0.717) is 21.8 Å². The van der Waals surface area contributed by atoms with E-state index in [4.69, 9.17) is 11.6 Å². The third kappa shape index (κ3) is 2.66. The minimum absolute atomic E-state index is 0.190. The highest BCUT2D eigenvalue weighted by Gasteiger charge is 2.18. The van der Waals surface area contributed by atoms with Gasteiger partial charge in [0.25, 0.3) is 0 Å². The van der Waals surface area contributed by atoms with Crippen LogP contribution in [0.3, 0.4) is 0 Å². The molecule has 19 heavy (non-hydrogen) atoms. The Labute approximate surface area is 114 Å². The molecule has 0 amide bonds. The fourth-order valence-corrected chi connectivity index (χ4v) is 1.91. The summed E-state index contributed by atoms with van der Waals surface area (Å²) in [4.78, 5) is 29.8. The molecule has 0 saturated carbocycles. The molecule has 98 valence electrons. The molecule has 2 aromatic heterocycles. The van der Waals surface area contributed by atoms with Gasteiger partial charge >= 0.3 is 5.97 Å². The summed E-state index contributed by atoms with van der Waals surface area (Å²) in [6.07, 6.45) is 3.06. The molecule has 6 heteroatoms. The average Bonchev–Trinajstić information content (AvgIpc) is 2.83. The van der Waals surface area contributed by atoms with Gasteiger partial charge in [0.2, 0.25) is 0 Å². The maximum atomic E-state index is 11.6. The number of hydrogen-bond donors (Lipinski definition) is 1. The number of esters is 1. The second kappa shape index (κ2) is 5.24. The van der Waals surface area contributed by atoms with E-state index in [1.165, 1.54) is 20.2 Å². The number of ether oxygens (including phenoxy) is 1. The molecule has 0 bridgehead atoms. The fourth-order valence-electron chi connectivity index (χ4n) is 1.74. The van der Waals surface area contributed by atoms with E-state index >= 15 is 0 Å². The van der Waals surface area contributed by atoms with Crippen LogP contribution in [-0.4, -0.2) is 28.8 Å². The van der Waals surface area contributed by atoms with Gasteiger partial charge in [0.1, 0.15) is 5.69 Å². The van der Waals surface area contributed by atoms with Crippen molar-refractivity contribution in [2.75, 3.05) is 7.11 Å². The van der Waals surface area contributed by atoms with Gasteiger partial charge in [-0.1, -0.05) is 11.6 Å². The Morgan fingerprint density at radius 2 is 2.05 bits per heavy atom. The highest BCUT2D eigenvalue weighted by atomic mass is 35.5. The van der Waals surface area contributed by atoms with Crippen molar-refractivity contribution in [3.8, 4) is 11.1 Å². The number of ketones is 1. The number of hydrogen-bond acceptors (Lipinski definition) is 4. The topological polar surface area (TPSA) is 72.0 Å². The standard InChI is InChI=1S/C13H11ClN2O3/c1-7(17)12-10(4-11(16-12)13(18)19-2)8-3-9(14)6-15-5-8/h3-6,16H,1-2H3. The summed E-state index contributed by atoms with van der Waals surface area (Å²) >= 11 is 5.87. The van der Waals surface area contributed by atoms with Crippen LogP contribution in [0.4, 0.5) is 0 Å². The third-order valence-corrected chi connectivity index (χ3v) is 2.80. The van der Waals surface area contributed by atoms with Gasteiger partial charge in [-0.15, -0.1) is 0 Å². The van der Waals surface area contributed by atoms with Crippen LogP contribution in [0.25, 0.3) is 11.1 Å². The van der Waals surface area contributed by atoms with Crippen LogP contribution in [0.5, 0.6) is 0 Å². The van der Waals surface area contributed by atoms with Crippen LogP contribution >= 0.6 is 11.6 Å². The van der Waals surface area contributed by atoms with Gasteiger partial charge in [0.05, 0.1) is 17.8 Å². The first-order valence-electron chi connectivity index (χ1n) is 5.46. The van der Waals surface area contributed by atoms with Gasteiger partial charge in [0, 0.05) is 30.4 Å². The van der Waals surface area contributed by atoms with E-state index in [1.54, 1.807) is 18.3 Å². The van der Waals surface area contributed by atoms with Crippen LogP contribution in [0.15, 0.2) is 24.5 Å². The number of carbonyl (C=O) groups is 2. The number of aromatic amines is 1. The van der Waals surface area contributed by atoms with E-state index in [9.17, 15) is 9.59 Å². The minimum Gasteiger partial charge on any atom is -0.464 e. The zero-order valence-corrected chi connectivity index (χ0v) is 11.1. The lowest BCUT2D eigenvalue weighted by Crippen LogP contribution is -2.02. The summed E-state index contributed by atoms with van der Waals surface area (Å²) in [5.41, 5.74) is 1.76. The molecular weight excluding hydrogens is 268 g/mol. The summed E-state index contributed by atoms with van der Waals surface area (Å²) in [5, 5.41) is 0.452. The first-order valence-corrected chi connectivity index (χ1v) is 5.84. The van der Waals surface area contributed by atoms with E-state index in [0.717, 1.165) is 0 Å². The Balaban J connectivity index is 2.58. The molecule has 0 fully saturated rings. The van der Waals surface area contributed by atoms with Gasteiger partial charge in [0.15, 0.2) is 5.78 Å². The molecule has 1 N–H and O–H groups in total. The SMILES string of the molecule is COC(=O)c1cc(-c2cncc(Cl)c2)c(C(C)=O)[nH]1. The molecule has 0 aliphatic heterocycles. The lowest BCUT2D eigenvalue weighted by atomic mass is 10.1.